The summed E-state index contributed by atoms with van der Waals surface area (Å²) < 4.78 is 0. The van der Waals surface area contributed by atoms with Crippen molar-refractivity contribution in [1.29, 1.82) is 0 Å². The molecular formula is C15H15ClO. The van der Waals surface area contributed by atoms with Gasteiger partial charge in [0.2, 0.25) is 0 Å². The van der Waals surface area contributed by atoms with E-state index < -0.39 is 0 Å². The number of aliphatic hydroxyl groups excluding tert-OH is 1. The van der Waals surface area contributed by atoms with E-state index in [-0.39, 0.29) is 6.61 Å². The van der Waals surface area contributed by atoms with Gasteiger partial charge in [-0.25, -0.2) is 0 Å². The number of aryl methyl sites for hydroxylation is 1. The van der Waals surface area contributed by atoms with Crippen LogP contribution in [0.4, 0.5) is 0 Å². The van der Waals surface area contributed by atoms with E-state index >= 15 is 0 Å². The Hall–Kier alpha value is -1.31. The number of aliphatic hydroxyl groups is 1. The number of benzene rings is 2. The van der Waals surface area contributed by atoms with E-state index in [1.54, 1.807) is 0 Å². The predicted molar refractivity (Wildman–Crippen MR) is 72.3 cm³/mol. The summed E-state index contributed by atoms with van der Waals surface area (Å²) >= 11 is 5.86. The molecule has 0 amide bonds. The molecule has 0 unspecified atom stereocenters. The van der Waals surface area contributed by atoms with Gasteiger partial charge in [-0.1, -0.05) is 48.0 Å². The van der Waals surface area contributed by atoms with Gasteiger partial charge in [-0.05, 0) is 41.7 Å². The fourth-order valence-electron chi connectivity index (χ4n) is 1.79. The van der Waals surface area contributed by atoms with Gasteiger partial charge in [-0.2, -0.15) is 0 Å². The first-order valence-corrected chi connectivity index (χ1v) is 6.13. The van der Waals surface area contributed by atoms with Gasteiger partial charge in [0.25, 0.3) is 0 Å². The third kappa shape index (κ3) is 3.32. The molecule has 0 heterocycles. The molecule has 2 aromatic carbocycles. The Labute approximate surface area is 107 Å². The fraction of sp³-hybridized carbons (Fsp3) is 0.200. The largest absolute Gasteiger partial charge is 0.396 e. The van der Waals surface area contributed by atoms with Gasteiger partial charge in [0.15, 0.2) is 0 Å². The summed E-state index contributed by atoms with van der Waals surface area (Å²) in [5.74, 6) is 0. The Morgan fingerprint density at radius 2 is 1.35 bits per heavy atom. The maximum absolute atomic E-state index is 8.77. The van der Waals surface area contributed by atoms with Gasteiger partial charge in [-0.3, -0.25) is 0 Å². The van der Waals surface area contributed by atoms with E-state index in [9.17, 15) is 0 Å². The number of hydrogen-bond donors (Lipinski definition) is 1. The van der Waals surface area contributed by atoms with Crippen LogP contribution in [-0.4, -0.2) is 11.7 Å². The van der Waals surface area contributed by atoms with Crippen LogP contribution < -0.4 is 0 Å². The van der Waals surface area contributed by atoms with Crippen LogP contribution in [0.15, 0.2) is 48.5 Å². The molecule has 17 heavy (non-hydrogen) atoms. The number of rotatable bonds is 4. The van der Waals surface area contributed by atoms with E-state index in [4.69, 9.17) is 16.7 Å². The van der Waals surface area contributed by atoms with Crippen LogP contribution in [-0.2, 0) is 6.42 Å². The number of halogens is 1. The number of hydrogen-bond acceptors (Lipinski definition) is 1. The summed E-state index contributed by atoms with van der Waals surface area (Å²) in [5, 5.41) is 9.53. The Bertz CT molecular complexity index is 459. The zero-order valence-electron chi connectivity index (χ0n) is 9.57. The van der Waals surface area contributed by atoms with Crippen molar-refractivity contribution in [2.75, 3.05) is 6.61 Å². The molecule has 0 saturated carbocycles. The summed E-state index contributed by atoms with van der Waals surface area (Å²) in [6.45, 7) is 0.249. The zero-order valence-corrected chi connectivity index (χ0v) is 10.3. The monoisotopic (exact) mass is 246 g/mol. The highest BCUT2D eigenvalue weighted by atomic mass is 35.5. The average Bonchev–Trinajstić information content (AvgIpc) is 2.38. The van der Waals surface area contributed by atoms with Crippen LogP contribution in [0.1, 0.15) is 12.0 Å². The molecule has 0 fully saturated rings. The van der Waals surface area contributed by atoms with Crippen molar-refractivity contribution in [3.8, 4) is 11.1 Å². The van der Waals surface area contributed by atoms with Gasteiger partial charge < -0.3 is 5.11 Å². The maximum atomic E-state index is 8.77. The van der Waals surface area contributed by atoms with Crippen LogP contribution >= 0.6 is 11.6 Å². The lowest BCUT2D eigenvalue weighted by atomic mass is 10.0. The quantitative estimate of drug-likeness (QED) is 0.867. The highest BCUT2D eigenvalue weighted by Gasteiger charge is 1.98. The van der Waals surface area contributed by atoms with Crippen LogP contribution in [0.3, 0.4) is 0 Å². The summed E-state index contributed by atoms with van der Waals surface area (Å²) in [6.07, 6.45) is 1.75. The molecule has 1 nitrogen and oxygen atoms in total. The van der Waals surface area contributed by atoms with Crippen LogP contribution in [0.5, 0.6) is 0 Å². The van der Waals surface area contributed by atoms with E-state index in [0.717, 1.165) is 17.9 Å². The first-order chi connectivity index (χ1) is 8.29. The molecule has 0 bridgehead atoms. The molecule has 1 N–H and O–H groups in total. The molecule has 2 heteroatoms. The van der Waals surface area contributed by atoms with Gasteiger partial charge in [0.1, 0.15) is 0 Å². The van der Waals surface area contributed by atoms with Crippen LogP contribution in [0.2, 0.25) is 5.02 Å². The lowest BCUT2D eigenvalue weighted by Gasteiger charge is -2.04. The Kier molecular flexibility index (Phi) is 4.18. The fourth-order valence-corrected chi connectivity index (χ4v) is 1.92. The second-order valence-corrected chi connectivity index (χ2v) is 4.47. The lowest BCUT2D eigenvalue weighted by molar-refractivity contribution is 0.288. The first kappa shape index (κ1) is 12.2. The minimum Gasteiger partial charge on any atom is -0.396 e. The van der Waals surface area contributed by atoms with Crippen molar-refractivity contribution in [1.82, 2.24) is 0 Å². The van der Waals surface area contributed by atoms with Crippen molar-refractivity contribution in [3.63, 3.8) is 0 Å². The third-order valence-electron chi connectivity index (χ3n) is 2.76. The third-order valence-corrected chi connectivity index (χ3v) is 3.01. The molecule has 0 spiro atoms. The van der Waals surface area contributed by atoms with Crippen molar-refractivity contribution < 1.29 is 5.11 Å². The average molecular weight is 247 g/mol. The van der Waals surface area contributed by atoms with Gasteiger partial charge in [0.05, 0.1) is 0 Å². The highest BCUT2D eigenvalue weighted by molar-refractivity contribution is 6.30. The van der Waals surface area contributed by atoms with Crippen molar-refractivity contribution in [3.05, 3.63) is 59.1 Å². The van der Waals surface area contributed by atoms with Crippen LogP contribution in [0, 0.1) is 0 Å². The Morgan fingerprint density at radius 3 is 1.88 bits per heavy atom. The summed E-state index contributed by atoms with van der Waals surface area (Å²) in [4.78, 5) is 0. The molecule has 0 aromatic heterocycles. The van der Waals surface area contributed by atoms with Crippen LogP contribution in [0.25, 0.3) is 11.1 Å². The molecule has 0 aliphatic carbocycles. The van der Waals surface area contributed by atoms with Gasteiger partial charge >= 0.3 is 0 Å². The summed E-state index contributed by atoms with van der Waals surface area (Å²) in [6, 6.07) is 16.3. The molecule has 88 valence electrons. The van der Waals surface area contributed by atoms with E-state index in [1.807, 2.05) is 24.3 Å². The van der Waals surface area contributed by atoms with Gasteiger partial charge in [0, 0.05) is 11.6 Å². The molecule has 0 aliphatic rings. The molecule has 0 radical (unpaired) electrons. The highest BCUT2D eigenvalue weighted by Crippen LogP contribution is 2.22. The molecule has 2 aromatic rings. The Morgan fingerprint density at radius 1 is 0.824 bits per heavy atom. The summed E-state index contributed by atoms with van der Waals surface area (Å²) in [5.41, 5.74) is 3.62. The topological polar surface area (TPSA) is 20.2 Å². The van der Waals surface area contributed by atoms with E-state index in [0.29, 0.717) is 0 Å². The molecule has 0 saturated heterocycles. The maximum Gasteiger partial charge on any atom is 0.0434 e. The first-order valence-electron chi connectivity index (χ1n) is 5.75. The molecule has 0 atom stereocenters. The van der Waals surface area contributed by atoms with Gasteiger partial charge in [-0.15, -0.1) is 0 Å². The standard InChI is InChI=1S/C15H15ClO/c16-15-9-7-14(8-10-15)13-5-3-12(4-6-13)2-1-11-17/h3-10,17H,1-2,11H2. The smallest absolute Gasteiger partial charge is 0.0434 e. The van der Waals surface area contributed by atoms with Crippen molar-refractivity contribution >= 4 is 11.6 Å². The zero-order chi connectivity index (χ0) is 12.1. The van der Waals surface area contributed by atoms with E-state index in [2.05, 4.69) is 24.3 Å². The van der Waals surface area contributed by atoms with Crippen molar-refractivity contribution in [2.45, 2.75) is 12.8 Å². The SMILES string of the molecule is OCCCc1ccc(-c2ccc(Cl)cc2)cc1. The minimum atomic E-state index is 0.249. The van der Waals surface area contributed by atoms with Crippen molar-refractivity contribution in [2.24, 2.45) is 0 Å². The predicted octanol–water partition coefficient (Wildman–Crippen LogP) is 3.93. The second kappa shape index (κ2) is 5.85. The molecular weight excluding hydrogens is 232 g/mol. The normalized spacial score (nSPS) is 10.5. The lowest BCUT2D eigenvalue weighted by Crippen LogP contribution is -1.89. The molecule has 2 rings (SSSR count). The minimum absolute atomic E-state index is 0.249. The molecule has 0 aliphatic heterocycles. The summed E-state index contributed by atoms with van der Waals surface area (Å²) in [7, 11) is 0. The van der Waals surface area contributed by atoms with E-state index in [1.165, 1.54) is 16.7 Å². The second-order valence-electron chi connectivity index (χ2n) is 4.03. The Balaban J connectivity index is 2.14.